The van der Waals surface area contributed by atoms with Crippen LogP contribution in [0.15, 0.2) is 60.0 Å². The van der Waals surface area contributed by atoms with E-state index < -0.39 is 5.82 Å². The van der Waals surface area contributed by atoms with Crippen molar-refractivity contribution in [3.63, 3.8) is 0 Å². The van der Waals surface area contributed by atoms with Crippen LogP contribution in [0.5, 0.6) is 11.5 Å². The number of benzene rings is 3. The lowest BCUT2D eigenvalue weighted by atomic mass is 10.0. The molecule has 6 nitrogen and oxygen atoms in total. The molecule has 7 heteroatoms. The Morgan fingerprint density at radius 1 is 1.20 bits per heavy atom. The average molecular weight is 541 g/mol. The molecule has 1 fully saturated rings. The zero-order valence-corrected chi connectivity index (χ0v) is 23.6. The molecule has 4 aromatic rings. The van der Waals surface area contributed by atoms with Gasteiger partial charge in [-0.25, -0.2) is 4.39 Å². The van der Waals surface area contributed by atoms with E-state index in [-0.39, 0.29) is 5.43 Å². The number of nitrogens with one attached hydrogen (secondary N) is 1. The summed E-state index contributed by atoms with van der Waals surface area (Å²) in [5.74, 6) is 0.564. The Morgan fingerprint density at radius 2 is 1.98 bits per heavy atom. The van der Waals surface area contributed by atoms with Crippen molar-refractivity contribution in [2.75, 3.05) is 38.1 Å². The summed E-state index contributed by atoms with van der Waals surface area (Å²) in [5.41, 5.74) is 2.54. The predicted molar refractivity (Wildman–Crippen MR) is 163 cm³/mol. The van der Waals surface area contributed by atoms with Gasteiger partial charge in [0.25, 0.3) is 0 Å². The number of halogens is 1. The molecule has 2 aliphatic rings. The van der Waals surface area contributed by atoms with Crippen LogP contribution in [0.2, 0.25) is 0 Å². The fourth-order valence-corrected chi connectivity index (χ4v) is 6.33. The van der Waals surface area contributed by atoms with Gasteiger partial charge in [-0.15, -0.1) is 0 Å². The van der Waals surface area contributed by atoms with E-state index in [1.54, 1.807) is 0 Å². The zero-order chi connectivity index (χ0) is 28.0. The minimum absolute atomic E-state index is 0.250. The van der Waals surface area contributed by atoms with Gasteiger partial charge < -0.3 is 24.4 Å². The van der Waals surface area contributed by atoms with Gasteiger partial charge in [0.15, 0.2) is 22.7 Å². The monoisotopic (exact) mass is 540 g/mol. The molecule has 0 aliphatic carbocycles. The largest absolute Gasteiger partial charge is 0.451 e. The average Bonchev–Trinajstić information content (AvgIpc) is 3.36. The number of anilines is 1. The van der Waals surface area contributed by atoms with Crippen molar-refractivity contribution in [2.24, 2.45) is 0 Å². The van der Waals surface area contributed by atoms with Crippen LogP contribution < -0.4 is 20.4 Å². The second kappa shape index (κ2) is 10.6. The quantitative estimate of drug-likeness (QED) is 0.226. The lowest BCUT2D eigenvalue weighted by Gasteiger charge is -2.31. The Kier molecular flexibility index (Phi) is 7.00. The lowest BCUT2D eigenvalue weighted by Crippen LogP contribution is -2.29. The second-order valence-electron chi connectivity index (χ2n) is 11.0. The first-order valence-electron chi connectivity index (χ1n) is 14.4. The van der Waals surface area contributed by atoms with Crippen LogP contribution in [0.1, 0.15) is 45.1 Å². The minimum atomic E-state index is -0.453. The smallest absolute Gasteiger partial charge is 0.198 e. The Labute approximate surface area is 234 Å². The van der Waals surface area contributed by atoms with Crippen molar-refractivity contribution in [3.8, 4) is 17.2 Å². The van der Waals surface area contributed by atoms with Crippen LogP contribution in [0, 0.1) is 5.82 Å². The molecule has 0 saturated carbocycles. The van der Waals surface area contributed by atoms with Gasteiger partial charge in [-0.05, 0) is 75.2 Å². The summed E-state index contributed by atoms with van der Waals surface area (Å²) in [5, 5.41) is 5.77. The summed E-state index contributed by atoms with van der Waals surface area (Å²) in [6.07, 6.45) is 6.10. The van der Waals surface area contributed by atoms with Gasteiger partial charge in [-0.3, -0.25) is 4.79 Å². The molecule has 0 bridgehead atoms. The van der Waals surface area contributed by atoms with E-state index in [1.165, 1.54) is 18.9 Å². The molecular formula is C33H37FN4O2. The van der Waals surface area contributed by atoms with Crippen LogP contribution in [-0.4, -0.2) is 48.7 Å². The van der Waals surface area contributed by atoms with Crippen molar-refractivity contribution in [2.45, 2.75) is 45.6 Å². The molecule has 0 spiro atoms. The van der Waals surface area contributed by atoms with Gasteiger partial charge in [0, 0.05) is 37.6 Å². The van der Waals surface area contributed by atoms with E-state index in [0.29, 0.717) is 58.5 Å². The first kappa shape index (κ1) is 26.4. The van der Waals surface area contributed by atoms with Gasteiger partial charge >= 0.3 is 0 Å². The highest BCUT2D eigenvalue weighted by molar-refractivity contribution is 5.97. The molecule has 40 heavy (non-hydrogen) atoms. The van der Waals surface area contributed by atoms with E-state index in [2.05, 4.69) is 42.9 Å². The molecular weight excluding hydrogens is 503 g/mol. The van der Waals surface area contributed by atoms with Crippen LogP contribution in [0.25, 0.3) is 33.1 Å². The maximum absolute atomic E-state index is 15.9. The van der Waals surface area contributed by atoms with E-state index >= 15 is 4.39 Å². The highest BCUT2D eigenvalue weighted by atomic mass is 19.1. The van der Waals surface area contributed by atoms with Crippen molar-refractivity contribution < 1.29 is 9.13 Å². The third-order valence-electron chi connectivity index (χ3n) is 8.47. The van der Waals surface area contributed by atoms with Crippen molar-refractivity contribution >= 4 is 33.1 Å². The number of likely N-dealkylation sites (tertiary alicyclic amines) is 1. The number of fused-ring (bicyclic) bond motifs is 3. The summed E-state index contributed by atoms with van der Waals surface area (Å²) in [4.78, 5) is 18.3. The molecule has 1 atom stereocenters. The molecule has 1 aromatic heterocycles. The third-order valence-corrected chi connectivity index (χ3v) is 8.47. The number of rotatable bonds is 9. The molecule has 1 unspecified atom stereocenters. The van der Waals surface area contributed by atoms with Crippen molar-refractivity contribution in [1.82, 2.24) is 14.8 Å². The van der Waals surface area contributed by atoms with Crippen LogP contribution in [0.3, 0.4) is 0 Å². The summed E-state index contributed by atoms with van der Waals surface area (Å²) < 4.78 is 24.4. The normalized spacial score (nSPS) is 16.2. The van der Waals surface area contributed by atoms with Crippen LogP contribution >= 0.6 is 0 Å². The number of hydrogen-bond donors (Lipinski definition) is 1. The highest BCUT2D eigenvalue weighted by Gasteiger charge is 2.30. The molecule has 3 heterocycles. The number of pyridine rings is 1. The Morgan fingerprint density at radius 3 is 2.67 bits per heavy atom. The van der Waals surface area contributed by atoms with Gasteiger partial charge in [-0.1, -0.05) is 37.8 Å². The topological polar surface area (TPSA) is 49.7 Å². The maximum Gasteiger partial charge on any atom is 0.198 e. The Hall–Kier alpha value is -3.84. The highest BCUT2D eigenvalue weighted by Crippen LogP contribution is 2.47. The molecule has 3 aromatic carbocycles. The van der Waals surface area contributed by atoms with E-state index in [1.807, 2.05) is 46.9 Å². The van der Waals surface area contributed by atoms with Crippen LogP contribution in [0.4, 0.5) is 10.1 Å². The zero-order valence-electron chi connectivity index (χ0n) is 23.6. The summed E-state index contributed by atoms with van der Waals surface area (Å²) >= 11 is 0. The summed E-state index contributed by atoms with van der Waals surface area (Å²) in [6.45, 7) is 11.5. The standard InChI is InChI=1S/C33H37FN4O2/c1-5-15-37(6-2)31-27(34)19-25-30-33(31)40-29-18-23-11-8-7-10-22(23)17-28(29)38(30)20-26(32(25)39)21(3)35-14-13-24-12-9-16-36(24)4/h7-8,10-11,17-20,24,35H,3,5-6,9,12-16H2,1-2,4H3. The second-order valence-corrected chi connectivity index (χ2v) is 11.0. The first-order valence-corrected chi connectivity index (χ1v) is 14.4. The molecule has 208 valence electrons. The molecule has 2 aliphatic heterocycles. The fraction of sp³-hybridized carbons (Fsp3) is 0.364. The van der Waals surface area contributed by atoms with Crippen molar-refractivity contribution in [1.29, 1.82) is 0 Å². The van der Waals surface area contributed by atoms with Crippen molar-refractivity contribution in [3.05, 3.63) is 76.8 Å². The summed E-state index contributed by atoms with van der Waals surface area (Å²) in [7, 11) is 2.16. The van der Waals surface area contributed by atoms with Gasteiger partial charge in [0.05, 0.1) is 16.6 Å². The van der Waals surface area contributed by atoms with Gasteiger partial charge in [-0.2, -0.15) is 0 Å². The number of hydrogen-bond acceptors (Lipinski definition) is 5. The van der Waals surface area contributed by atoms with Gasteiger partial charge in [0.1, 0.15) is 11.2 Å². The van der Waals surface area contributed by atoms with E-state index in [4.69, 9.17) is 4.74 Å². The number of ether oxygens (including phenoxy) is 1. The third kappa shape index (κ3) is 4.42. The molecule has 0 radical (unpaired) electrons. The van der Waals surface area contributed by atoms with Gasteiger partial charge in [0.2, 0.25) is 0 Å². The molecule has 6 rings (SSSR count). The minimum Gasteiger partial charge on any atom is -0.451 e. The number of aromatic nitrogens is 1. The Balaban J connectivity index is 1.51. The molecule has 1 saturated heterocycles. The Bertz CT molecular complexity index is 1680. The number of nitrogens with zero attached hydrogens (tertiary/aromatic N) is 3. The maximum atomic E-state index is 15.9. The van der Waals surface area contributed by atoms with E-state index in [0.717, 1.165) is 42.4 Å². The molecule has 1 N–H and O–H groups in total. The summed E-state index contributed by atoms with van der Waals surface area (Å²) in [6, 6.07) is 14.1. The first-order chi connectivity index (χ1) is 19.4. The van der Waals surface area contributed by atoms with Crippen LogP contribution in [-0.2, 0) is 0 Å². The SMILES string of the molecule is C=C(NCCC1CCCN1C)c1cn2c3c(c(N(CC)CCC)c(F)cc3c1=O)Oc1cc3ccccc3cc1-2. The van der Waals surface area contributed by atoms with E-state index in [9.17, 15) is 4.79 Å². The fourth-order valence-electron chi connectivity index (χ4n) is 6.33. The predicted octanol–water partition coefficient (Wildman–Crippen LogP) is 6.67. The molecule has 0 amide bonds. The lowest BCUT2D eigenvalue weighted by molar-refractivity contribution is 0.297.